The molecule has 0 aliphatic heterocycles. The van der Waals surface area contributed by atoms with E-state index in [1.54, 1.807) is 0 Å². The highest BCUT2D eigenvalue weighted by Gasteiger charge is 2.19. The third-order valence-corrected chi connectivity index (χ3v) is 3.14. The van der Waals surface area contributed by atoms with E-state index in [1.807, 2.05) is 18.2 Å². The average molecular weight is 273 g/mol. The summed E-state index contributed by atoms with van der Waals surface area (Å²) in [5, 5.41) is 0. The molecule has 0 aromatic heterocycles. The van der Waals surface area contributed by atoms with Gasteiger partial charge in [0, 0.05) is 5.92 Å². The standard InChI is InChI=1S/C12H19BO2S2/c1-10(11-5-3-2-4-6-11)12(14-9-16)7-15-17-8-13/h2-6,10,12,16H,7-9,13H2,1H3/t10-,12-/m1/s1/i13TD. The van der Waals surface area contributed by atoms with Crippen LogP contribution in [0.4, 0.5) is 0 Å². The van der Waals surface area contributed by atoms with Crippen molar-refractivity contribution in [2.24, 2.45) is 0 Å². The molecule has 5 heteroatoms. The molecule has 94 valence electrons. The quantitative estimate of drug-likeness (QED) is 0.245. The van der Waals surface area contributed by atoms with Crippen LogP contribution in [0.1, 0.15) is 18.4 Å². The Balaban J connectivity index is 2.47. The Morgan fingerprint density at radius 2 is 2.35 bits per heavy atom. The second-order valence-corrected chi connectivity index (χ2v) is 4.67. The molecule has 0 saturated carbocycles. The summed E-state index contributed by atoms with van der Waals surface area (Å²) in [6, 6.07) is 10.1. The van der Waals surface area contributed by atoms with E-state index >= 15 is 0 Å². The van der Waals surface area contributed by atoms with E-state index in [1.165, 1.54) is 5.56 Å². The molecule has 1 aromatic rings. The minimum absolute atomic E-state index is 0.0812. The first-order valence-corrected chi connectivity index (χ1v) is 7.05. The second kappa shape index (κ2) is 8.92. The lowest BCUT2D eigenvalue weighted by Gasteiger charge is -2.23. The highest BCUT2D eigenvalue weighted by atomic mass is 32.2. The molecule has 0 aliphatic rings. The van der Waals surface area contributed by atoms with Crippen molar-refractivity contribution in [2.75, 3.05) is 18.2 Å². The van der Waals surface area contributed by atoms with Crippen molar-refractivity contribution in [2.45, 2.75) is 18.9 Å². The predicted molar refractivity (Wildman–Crippen MR) is 80.5 cm³/mol. The molecule has 1 rings (SSSR count). The molecule has 2 nitrogen and oxygen atoms in total. The van der Waals surface area contributed by atoms with Gasteiger partial charge in [0.1, 0.15) is 7.77 Å². The van der Waals surface area contributed by atoms with Crippen LogP contribution in [0.5, 0.6) is 0 Å². The number of thiol groups is 1. The summed E-state index contributed by atoms with van der Waals surface area (Å²) in [6.45, 7) is 2.52. The maximum Gasteiger partial charge on any atom is 0.117 e. The van der Waals surface area contributed by atoms with Crippen LogP contribution < -0.4 is 0 Å². The van der Waals surface area contributed by atoms with Crippen LogP contribution in [0.25, 0.3) is 0 Å². The van der Waals surface area contributed by atoms with Crippen LogP contribution in [-0.4, -0.2) is 34.7 Å². The summed E-state index contributed by atoms with van der Waals surface area (Å²) in [6.07, 6.45) is -0.0812. The predicted octanol–water partition coefficient (Wildman–Crippen LogP) is 2.32. The van der Waals surface area contributed by atoms with Gasteiger partial charge in [-0.2, -0.15) is 12.6 Å². The summed E-state index contributed by atoms with van der Waals surface area (Å²) in [7, 11) is -0.860. The van der Waals surface area contributed by atoms with Gasteiger partial charge in [-0.05, 0) is 25.9 Å². The second-order valence-electron chi connectivity index (χ2n) is 3.60. The molecule has 0 radical (unpaired) electrons. The van der Waals surface area contributed by atoms with E-state index in [4.69, 9.17) is 11.6 Å². The van der Waals surface area contributed by atoms with E-state index in [0.29, 0.717) is 18.2 Å². The van der Waals surface area contributed by atoms with Gasteiger partial charge in [-0.15, -0.1) is 0 Å². The van der Waals surface area contributed by atoms with Crippen LogP contribution >= 0.6 is 24.7 Å². The van der Waals surface area contributed by atoms with Gasteiger partial charge in [0.05, 0.1) is 18.6 Å². The topological polar surface area (TPSA) is 18.5 Å². The van der Waals surface area contributed by atoms with Gasteiger partial charge in [0.2, 0.25) is 0 Å². The maximum absolute atomic E-state index is 7.09. The van der Waals surface area contributed by atoms with Gasteiger partial charge in [-0.25, -0.2) is 0 Å². The Morgan fingerprint density at radius 3 is 3.00 bits per heavy atom. The van der Waals surface area contributed by atoms with Crippen molar-refractivity contribution in [3.63, 3.8) is 0 Å². The number of rotatable bonds is 9. The minimum atomic E-state index is -0.860. The van der Waals surface area contributed by atoms with Crippen LogP contribution in [0.15, 0.2) is 30.3 Å². The Labute approximate surface area is 117 Å². The zero-order valence-corrected chi connectivity index (χ0v) is 11.6. The summed E-state index contributed by atoms with van der Waals surface area (Å²) < 4.78 is 25.2. The lowest BCUT2D eigenvalue weighted by atomic mass is 9.96. The van der Waals surface area contributed by atoms with Gasteiger partial charge < -0.3 is 8.92 Å². The number of ether oxygens (including phenoxy) is 1. The summed E-state index contributed by atoms with van der Waals surface area (Å²) >= 11 is 5.25. The Kier molecular flexibility index (Phi) is 6.28. The largest absolute Gasteiger partial charge is 0.365 e. The van der Waals surface area contributed by atoms with Gasteiger partial charge >= 0.3 is 0 Å². The first-order chi connectivity index (χ1) is 9.15. The van der Waals surface area contributed by atoms with Crippen LogP contribution in [-0.2, 0) is 8.92 Å². The zero-order valence-electron chi connectivity index (χ0n) is 11.9. The Bertz CT molecular complexity index is 344. The molecule has 2 atom stereocenters. The highest BCUT2D eigenvalue weighted by Crippen LogP contribution is 2.22. The molecular weight excluding hydrogens is 251 g/mol. The summed E-state index contributed by atoms with van der Waals surface area (Å²) in [4.78, 5) is 0. The van der Waals surface area contributed by atoms with E-state index in [2.05, 4.69) is 31.7 Å². The lowest BCUT2D eigenvalue weighted by molar-refractivity contribution is 0.0397. The van der Waals surface area contributed by atoms with Crippen LogP contribution in [0.3, 0.4) is 0 Å². The molecule has 0 fully saturated rings. The van der Waals surface area contributed by atoms with Crippen molar-refractivity contribution in [1.82, 2.24) is 0 Å². The summed E-state index contributed by atoms with van der Waals surface area (Å²) in [5.41, 5.74) is 1.54. The molecule has 0 amide bonds. The molecule has 0 aliphatic carbocycles. The van der Waals surface area contributed by atoms with E-state index in [-0.39, 0.29) is 12.0 Å². The Morgan fingerprint density at radius 1 is 1.59 bits per heavy atom. The minimum Gasteiger partial charge on any atom is -0.365 e. The molecule has 0 heterocycles. The van der Waals surface area contributed by atoms with Gasteiger partial charge in [0.25, 0.3) is 0 Å². The molecule has 17 heavy (non-hydrogen) atoms. The smallest absolute Gasteiger partial charge is 0.117 e. The molecular formula is C12H19BO2S2. The maximum atomic E-state index is 7.09. The third kappa shape index (κ3) is 5.38. The Hall–Kier alpha value is -0.0951. The highest BCUT2D eigenvalue weighted by molar-refractivity contribution is 7.95. The normalized spacial score (nSPS) is 15.9. The van der Waals surface area contributed by atoms with Crippen LogP contribution in [0, 0.1) is 0 Å². The van der Waals surface area contributed by atoms with Crippen molar-refractivity contribution in [3.05, 3.63) is 35.9 Å². The molecule has 0 spiro atoms. The fourth-order valence-electron chi connectivity index (χ4n) is 1.57. The molecule has 1 aromatic carbocycles. The fraction of sp³-hybridized carbons (Fsp3) is 0.500. The number of hydrogen-bond acceptors (Lipinski definition) is 4. The van der Waals surface area contributed by atoms with E-state index < -0.39 is 7.77 Å². The number of benzene rings is 1. The molecule has 0 saturated heterocycles. The first kappa shape index (κ1) is 12.0. The molecule has 0 N–H and O–H groups in total. The molecule has 0 bridgehead atoms. The van der Waals surface area contributed by atoms with Crippen LogP contribution in [0.2, 0.25) is 0 Å². The van der Waals surface area contributed by atoms with Gasteiger partial charge in [-0.1, -0.05) is 37.3 Å². The third-order valence-electron chi connectivity index (χ3n) is 2.56. The average Bonchev–Trinajstić information content (AvgIpc) is 2.42. The monoisotopic (exact) mass is 273 g/mol. The SMILES string of the molecule is [2H]B([3H])CSOC[C@@H](OCS)[C@H](C)c1ccccc1. The molecule has 0 unspecified atom stereocenters. The van der Waals surface area contributed by atoms with E-state index in [9.17, 15) is 0 Å². The van der Waals surface area contributed by atoms with Gasteiger partial charge in [-0.3, -0.25) is 0 Å². The van der Waals surface area contributed by atoms with Crippen molar-refractivity contribution in [1.29, 1.82) is 2.67 Å². The lowest BCUT2D eigenvalue weighted by Crippen LogP contribution is -2.25. The van der Waals surface area contributed by atoms with Crippen molar-refractivity contribution < 1.29 is 8.92 Å². The fourth-order valence-corrected chi connectivity index (χ4v) is 2.09. The van der Waals surface area contributed by atoms with Crippen molar-refractivity contribution >= 4 is 32.4 Å². The first-order valence-electron chi connectivity index (χ1n) is 6.67. The van der Waals surface area contributed by atoms with Gasteiger partial charge in [0.15, 0.2) is 0 Å². The summed E-state index contributed by atoms with van der Waals surface area (Å²) in [5.74, 6) is 0.548. The van der Waals surface area contributed by atoms with E-state index in [0.717, 1.165) is 12.0 Å². The van der Waals surface area contributed by atoms with Crippen molar-refractivity contribution in [3.8, 4) is 0 Å². The number of hydrogen-bond donors (Lipinski definition) is 1. The zero-order chi connectivity index (χ0) is 14.1.